The minimum absolute atomic E-state index is 0.0800. The van der Waals surface area contributed by atoms with E-state index in [0.29, 0.717) is 22.0 Å². The average molecular weight is 432 g/mol. The van der Waals surface area contributed by atoms with E-state index < -0.39 is 30.8 Å². The third-order valence-electron chi connectivity index (χ3n) is 4.02. The van der Waals surface area contributed by atoms with E-state index in [9.17, 15) is 14.4 Å². The van der Waals surface area contributed by atoms with Crippen molar-refractivity contribution in [2.75, 3.05) is 19.0 Å². The Labute approximate surface area is 176 Å². The molecule has 0 aliphatic rings. The zero-order valence-electron chi connectivity index (χ0n) is 16.2. The number of aromatic nitrogens is 2. The number of carbonyl (C=O) groups excluding carboxylic acids is 2. The highest BCUT2D eigenvalue weighted by atomic mass is 35.5. The molecule has 0 aliphatic carbocycles. The van der Waals surface area contributed by atoms with Gasteiger partial charge in [0, 0.05) is 16.7 Å². The summed E-state index contributed by atoms with van der Waals surface area (Å²) in [5.74, 6) is -1.76. The quantitative estimate of drug-likeness (QED) is 0.572. The maximum absolute atomic E-state index is 12.1. The van der Waals surface area contributed by atoms with Gasteiger partial charge in [-0.3, -0.25) is 9.59 Å². The van der Waals surface area contributed by atoms with Crippen LogP contribution in [0, 0.1) is 6.92 Å². The Morgan fingerprint density at radius 2 is 1.97 bits per heavy atom. The number of carbonyl (C=O) groups is 2. The van der Waals surface area contributed by atoms with Crippen LogP contribution in [0.25, 0.3) is 11.5 Å². The topological polar surface area (TPSA) is 113 Å². The van der Waals surface area contributed by atoms with Crippen LogP contribution >= 0.6 is 11.6 Å². The summed E-state index contributed by atoms with van der Waals surface area (Å²) in [5.41, 5.74) is 1.72. The maximum atomic E-state index is 12.1. The van der Waals surface area contributed by atoms with Crippen molar-refractivity contribution in [1.29, 1.82) is 0 Å². The summed E-state index contributed by atoms with van der Waals surface area (Å²) < 4.78 is 16.0. The first-order chi connectivity index (χ1) is 14.4. The number of hydrogen-bond acceptors (Lipinski definition) is 7. The van der Waals surface area contributed by atoms with Crippen molar-refractivity contribution in [2.24, 2.45) is 0 Å². The summed E-state index contributed by atoms with van der Waals surface area (Å²) in [6.07, 6.45) is 0. The molecule has 10 heteroatoms. The fourth-order valence-electron chi connectivity index (χ4n) is 2.53. The second kappa shape index (κ2) is 9.27. The van der Waals surface area contributed by atoms with Crippen LogP contribution in [0.3, 0.4) is 0 Å². The molecule has 3 aromatic rings. The number of rotatable bonds is 7. The summed E-state index contributed by atoms with van der Waals surface area (Å²) in [4.78, 5) is 36.0. The van der Waals surface area contributed by atoms with Crippen LogP contribution in [-0.2, 0) is 20.9 Å². The molecule has 0 saturated heterocycles. The van der Waals surface area contributed by atoms with E-state index >= 15 is 0 Å². The number of methoxy groups -OCH3 is 1. The Morgan fingerprint density at radius 3 is 2.67 bits per heavy atom. The highest BCUT2D eigenvalue weighted by Crippen LogP contribution is 2.30. The lowest BCUT2D eigenvalue weighted by molar-refractivity contribution is -0.148. The fourth-order valence-corrected chi connectivity index (χ4v) is 2.69. The Kier molecular flexibility index (Phi) is 6.53. The van der Waals surface area contributed by atoms with Crippen LogP contribution in [-0.4, -0.2) is 35.4 Å². The van der Waals surface area contributed by atoms with E-state index in [2.05, 4.69) is 10.4 Å². The number of benzene rings is 2. The molecule has 1 heterocycles. The molecule has 0 bridgehead atoms. The van der Waals surface area contributed by atoms with Gasteiger partial charge in [-0.25, -0.2) is 4.79 Å². The second-order valence-electron chi connectivity index (χ2n) is 6.21. The van der Waals surface area contributed by atoms with Crippen LogP contribution in [0.5, 0.6) is 5.75 Å². The van der Waals surface area contributed by atoms with Crippen molar-refractivity contribution in [1.82, 2.24) is 9.78 Å². The molecule has 0 unspecified atom stereocenters. The second-order valence-corrected chi connectivity index (χ2v) is 6.61. The third-order valence-corrected chi connectivity index (χ3v) is 4.43. The van der Waals surface area contributed by atoms with Crippen molar-refractivity contribution in [3.63, 3.8) is 0 Å². The van der Waals surface area contributed by atoms with Gasteiger partial charge >= 0.3 is 11.7 Å². The minimum Gasteiger partial charge on any atom is -0.495 e. The van der Waals surface area contributed by atoms with Crippen LogP contribution in [0.1, 0.15) is 5.56 Å². The predicted octanol–water partition coefficient (Wildman–Crippen LogP) is 2.66. The van der Waals surface area contributed by atoms with Crippen molar-refractivity contribution in [2.45, 2.75) is 13.5 Å². The number of aryl methyl sites for hydroxylation is 1. The first-order valence-corrected chi connectivity index (χ1v) is 9.18. The first kappa shape index (κ1) is 21.1. The van der Waals surface area contributed by atoms with Crippen LogP contribution in [0.4, 0.5) is 5.69 Å². The number of nitrogens with zero attached hydrogens (tertiary/aromatic N) is 2. The Hall–Kier alpha value is -3.59. The molecule has 0 atom stereocenters. The monoisotopic (exact) mass is 431 g/mol. The van der Waals surface area contributed by atoms with Crippen LogP contribution < -0.4 is 15.8 Å². The fraction of sp³-hybridized carbons (Fsp3) is 0.200. The lowest BCUT2D eigenvalue weighted by atomic mass is 10.2. The normalized spacial score (nSPS) is 10.5. The minimum atomic E-state index is -0.820. The molecule has 0 fully saturated rings. The summed E-state index contributed by atoms with van der Waals surface area (Å²) in [7, 11) is 1.44. The highest BCUT2D eigenvalue weighted by molar-refractivity contribution is 6.31. The number of amides is 1. The molecule has 1 aromatic heterocycles. The van der Waals surface area contributed by atoms with Crippen LogP contribution in [0.15, 0.2) is 51.7 Å². The Morgan fingerprint density at radius 1 is 1.23 bits per heavy atom. The maximum Gasteiger partial charge on any atom is 0.437 e. The molecule has 2 aromatic carbocycles. The molecule has 3 rings (SSSR count). The van der Waals surface area contributed by atoms with Crippen molar-refractivity contribution in [3.8, 4) is 17.2 Å². The van der Waals surface area contributed by atoms with E-state index in [-0.39, 0.29) is 5.89 Å². The molecule has 30 heavy (non-hydrogen) atoms. The molecule has 156 valence electrons. The van der Waals surface area contributed by atoms with E-state index in [0.717, 1.165) is 10.2 Å². The highest BCUT2D eigenvalue weighted by Gasteiger charge is 2.16. The summed E-state index contributed by atoms with van der Waals surface area (Å²) in [6.45, 7) is 0.727. The molecular formula is C20H18ClN3O6. The molecule has 1 N–H and O–H groups in total. The van der Waals surface area contributed by atoms with E-state index in [1.807, 2.05) is 6.07 Å². The SMILES string of the molecule is COc1cc(Cl)c(C)cc1NC(=O)COC(=O)Cn1nc(-c2ccccc2)oc1=O. The standard InChI is InChI=1S/C20H18ClN3O6/c1-12-8-15(16(28-2)9-14(12)21)22-17(25)11-29-18(26)10-24-20(27)30-19(23-24)13-6-4-3-5-7-13/h3-9H,10-11H2,1-2H3,(H,22,25). The van der Waals surface area contributed by atoms with Gasteiger partial charge in [0.25, 0.3) is 5.91 Å². The van der Waals surface area contributed by atoms with Gasteiger partial charge in [-0.15, -0.1) is 5.10 Å². The number of nitrogens with one attached hydrogen (secondary N) is 1. The number of esters is 1. The number of ether oxygens (including phenoxy) is 2. The van der Waals surface area contributed by atoms with Gasteiger partial charge in [0.1, 0.15) is 12.3 Å². The van der Waals surface area contributed by atoms with Gasteiger partial charge in [0.2, 0.25) is 5.89 Å². The van der Waals surface area contributed by atoms with Crippen LogP contribution in [0.2, 0.25) is 5.02 Å². The third kappa shape index (κ3) is 5.06. The van der Waals surface area contributed by atoms with Crippen molar-refractivity contribution >= 4 is 29.2 Å². The van der Waals surface area contributed by atoms with Gasteiger partial charge in [-0.2, -0.15) is 4.68 Å². The van der Waals surface area contributed by atoms with Crippen molar-refractivity contribution < 1.29 is 23.5 Å². The van der Waals surface area contributed by atoms with E-state index in [1.54, 1.807) is 43.3 Å². The van der Waals surface area contributed by atoms with Crippen molar-refractivity contribution in [3.05, 3.63) is 63.6 Å². The zero-order valence-corrected chi connectivity index (χ0v) is 16.9. The van der Waals surface area contributed by atoms with E-state index in [1.165, 1.54) is 7.11 Å². The lowest BCUT2D eigenvalue weighted by Gasteiger charge is -2.12. The molecule has 9 nitrogen and oxygen atoms in total. The molecule has 0 spiro atoms. The van der Waals surface area contributed by atoms with E-state index in [4.69, 9.17) is 25.5 Å². The van der Waals surface area contributed by atoms with Gasteiger partial charge < -0.3 is 19.2 Å². The molecule has 0 radical (unpaired) electrons. The zero-order chi connectivity index (χ0) is 21.7. The first-order valence-electron chi connectivity index (χ1n) is 8.80. The summed E-state index contributed by atoms with van der Waals surface area (Å²) in [6, 6.07) is 12.0. The lowest BCUT2D eigenvalue weighted by Crippen LogP contribution is -2.26. The number of halogens is 1. The molecule has 1 amide bonds. The Bertz CT molecular complexity index is 1120. The van der Waals surface area contributed by atoms with Gasteiger partial charge in [0.05, 0.1) is 12.8 Å². The number of anilines is 1. The van der Waals surface area contributed by atoms with Gasteiger partial charge in [0.15, 0.2) is 6.61 Å². The van der Waals surface area contributed by atoms with Gasteiger partial charge in [-0.05, 0) is 30.7 Å². The average Bonchev–Trinajstić information content (AvgIpc) is 3.10. The number of hydrogen-bond donors (Lipinski definition) is 1. The largest absolute Gasteiger partial charge is 0.495 e. The van der Waals surface area contributed by atoms with Gasteiger partial charge in [-0.1, -0.05) is 29.8 Å². The molecule has 0 aliphatic heterocycles. The molecule has 0 saturated carbocycles. The predicted molar refractivity (Wildman–Crippen MR) is 109 cm³/mol. The smallest absolute Gasteiger partial charge is 0.437 e. The Balaban J connectivity index is 1.58. The summed E-state index contributed by atoms with van der Waals surface area (Å²) >= 11 is 6.03. The molecular weight excluding hydrogens is 414 g/mol. The summed E-state index contributed by atoms with van der Waals surface area (Å²) in [5, 5.41) is 7.04.